The highest BCUT2D eigenvalue weighted by Gasteiger charge is 2.13. The van der Waals surface area contributed by atoms with E-state index in [9.17, 15) is 0 Å². The number of hydrogen-bond acceptors (Lipinski definition) is 3. The molecule has 4 heteroatoms. The van der Waals surface area contributed by atoms with Crippen molar-refractivity contribution < 1.29 is 0 Å². The standard InChI is InChI=1S/C15H19BrN2S/c1-10(2)8-13-14(9-17-3)19-15(18-13)11-4-6-12(16)7-5-11/h4-7,10,17H,8-9H2,1-3H3. The van der Waals surface area contributed by atoms with Crippen LogP contribution in [0, 0.1) is 5.92 Å². The number of aromatic nitrogens is 1. The van der Waals surface area contributed by atoms with Gasteiger partial charge >= 0.3 is 0 Å². The molecule has 0 unspecified atom stereocenters. The number of benzene rings is 1. The summed E-state index contributed by atoms with van der Waals surface area (Å²) in [6.07, 6.45) is 1.05. The molecule has 0 fully saturated rings. The summed E-state index contributed by atoms with van der Waals surface area (Å²) in [7, 11) is 1.98. The summed E-state index contributed by atoms with van der Waals surface area (Å²) in [5, 5.41) is 4.35. The van der Waals surface area contributed by atoms with Gasteiger partial charge in [-0.05, 0) is 31.5 Å². The number of halogens is 1. The molecule has 0 bridgehead atoms. The van der Waals surface area contributed by atoms with E-state index in [0.717, 1.165) is 22.4 Å². The summed E-state index contributed by atoms with van der Waals surface area (Å²) in [6, 6.07) is 8.36. The van der Waals surface area contributed by atoms with Crippen LogP contribution in [0.1, 0.15) is 24.4 Å². The summed E-state index contributed by atoms with van der Waals surface area (Å²) in [6.45, 7) is 5.37. The minimum Gasteiger partial charge on any atom is -0.315 e. The van der Waals surface area contributed by atoms with Crippen LogP contribution in [0.5, 0.6) is 0 Å². The fourth-order valence-corrected chi connectivity index (χ4v) is 3.31. The molecule has 0 aliphatic heterocycles. The lowest BCUT2D eigenvalue weighted by Gasteiger charge is -2.03. The van der Waals surface area contributed by atoms with Crippen molar-refractivity contribution in [3.63, 3.8) is 0 Å². The second kappa shape index (κ2) is 6.64. The SMILES string of the molecule is CNCc1sc(-c2ccc(Br)cc2)nc1CC(C)C. The summed E-state index contributed by atoms with van der Waals surface area (Å²) in [5.41, 5.74) is 2.44. The number of nitrogens with one attached hydrogen (secondary N) is 1. The zero-order valence-corrected chi connectivity index (χ0v) is 13.9. The molecule has 0 amide bonds. The number of rotatable bonds is 5. The summed E-state index contributed by atoms with van der Waals surface area (Å²) >= 11 is 5.26. The Morgan fingerprint density at radius 1 is 1.26 bits per heavy atom. The van der Waals surface area contributed by atoms with Crippen molar-refractivity contribution in [3.8, 4) is 10.6 Å². The van der Waals surface area contributed by atoms with Gasteiger partial charge in [0.05, 0.1) is 5.69 Å². The highest BCUT2D eigenvalue weighted by atomic mass is 79.9. The van der Waals surface area contributed by atoms with Crippen molar-refractivity contribution in [2.45, 2.75) is 26.8 Å². The minimum atomic E-state index is 0.635. The number of nitrogens with zero attached hydrogens (tertiary/aromatic N) is 1. The van der Waals surface area contributed by atoms with Crippen LogP contribution in [-0.4, -0.2) is 12.0 Å². The highest BCUT2D eigenvalue weighted by molar-refractivity contribution is 9.10. The van der Waals surface area contributed by atoms with Crippen molar-refractivity contribution in [1.29, 1.82) is 0 Å². The molecule has 0 aliphatic rings. The second-order valence-electron chi connectivity index (χ2n) is 5.02. The third kappa shape index (κ3) is 3.88. The van der Waals surface area contributed by atoms with Gasteiger partial charge in [0.15, 0.2) is 0 Å². The maximum atomic E-state index is 4.83. The van der Waals surface area contributed by atoms with E-state index in [1.807, 2.05) is 7.05 Å². The summed E-state index contributed by atoms with van der Waals surface area (Å²) in [4.78, 5) is 6.19. The number of thiazole rings is 1. The van der Waals surface area contributed by atoms with Crippen LogP contribution in [0.25, 0.3) is 10.6 Å². The average Bonchev–Trinajstić information content (AvgIpc) is 2.73. The molecule has 0 saturated carbocycles. The molecule has 0 aliphatic carbocycles. The summed E-state index contributed by atoms with van der Waals surface area (Å²) < 4.78 is 1.10. The first kappa shape index (κ1) is 14.7. The van der Waals surface area contributed by atoms with Crippen LogP contribution in [0.15, 0.2) is 28.7 Å². The molecule has 0 atom stereocenters. The van der Waals surface area contributed by atoms with E-state index in [0.29, 0.717) is 5.92 Å². The fraction of sp³-hybridized carbons (Fsp3) is 0.400. The molecular weight excluding hydrogens is 320 g/mol. The van der Waals surface area contributed by atoms with Crippen LogP contribution in [0.3, 0.4) is 0 Å². The molecule has 1 aromatic carbocycles. The van der Waals surface area contributed by atoms with Gasteiger partial charge in [0, 0.05) is 21.5 Å². The lowest BCUT2D eigenvalue weighted by molar-refractivity contribution is 0.631. The number of hydrogen-bond donors (Lipinski definition) is 1. The van der Waals surface area contributed by atoms with Crippen LogP contribution in [0.2, 0.25) is 0 Å². The molecule has 19 heavy (non-hydrogen) atoms. The van der Waals surface area contributed by atoms with Gasteiger partial charge in [-0.25, -0.2) is 4.98 Å². The van der Waals surface area contributed by atoms with Crippen molar-refractivity contribution in [1.82, 2.24) is 10.3 Å². The summed E-state index contributed by atoms with van der Waals surface area (Å²) in [5.74, 6) is 0.635. The lowest BCUT2D eigenvalue weighted by atomic mass is 10.1. The zero-order valence-electron chi connectivity index (χ0n) is 11.5. The average molecular weight is 339 g/mol. The first-order valence-electron chi connectivity index (χ1n) is 6.49. The maximum Gasteiger partial charge on any atom is 0.123 e. The molecule has 1 heterocycles. The van der Waals surface area contributed by atoms with Crippen molar-refractivity contribution in [2.24, 2.45) is 5.92 Å². The van der Waals surface area contributed by atoms with Gasteiger partial charge < -0.3 is 5.32 Å². The molecular formula is C15H19BrN2S. The van der Waals surface area contributed by atoms with Crippen LogP contribution in [-0.2, 0) is 13.0 Å². The van der Waals surface area contributed by atoms with Gasteiger partial charge in [0.25, 0.3) is 0 Å². The molecule has 1 N–H and O–H groups in total. The zero-order chi connectivity index (χ0) is 13.8. The van der Waals surface area contributed by atoms with E-state index in [1.165, 1.54) is 16.1 Å². The normalized spacial score (nSPS) is 11.2. The van der Waals surface area contributed by atoms with Crippen LogP contribution < -0.4 is 5.32 Å². The molecule has 2 nitrogen and oxygen atoms in total. The fourth-order valence-electron chi connectivity index (χ4n) is 1.94. The van der Waals surface area contributed by atoms with Gasteiger partial charge in [-0.15, -0.1) is 11.3 Å². The largest absolute Gasteiger partial charge is 0.315 e. The van der Waals surface area contributed by atoms with Crippen LogP contribution >= 0.6 is 27.3 Å². The molecule has 2 rings (SSSR count). The van der Waals surface area contributed by atoms with Crippen molar-refractivity contribution in [2.75, 3.05) is 7.05 Å². The van der Waals surface area contributed by atoms with E-state index in [1.54, 1.807) is 11.3 Å². The topological polar surface area (TPSA) is 24.9 Å². The highest BCUT2D eigenvalue weighted by Crippen LogP contribution is 2.30. The Labute approximate surface area is 127 Å². The lowest BCUT2D eigenvalue weighted by Crippen LogP contribution is -2.07. The van der Waals surface area contributed by atoms with Crippen molar-refractivity contribution >= 4 is 27.3 Å². The predicted molar refractivity (Wildman–Crippen MR) is 86.6 cm³/mol. The molecule has 0 radical (unpaired) electrons. The third-order valence-corrected chi connectivity index (χ3v) is 4.48. The first-order valence-corrected chi connectivity index (χ1v) is 8.10. The second-order valence-corrected chi connectivity index (χ2v) is 7.02. The van der Waals surface area contributed by atoms with Gasteiger partial charge in [-0.2, -0.15) is 0 Å². The molecule has 102 valence electrons. The Balaban J connectivity index is 2.33. The van der Waals surface area contributed by atoms with Gasteiger partial charge in [-0.3, -0.25) is 0 Å². The van der Waals surface area contributed by atoms with Gasteiger partial charge in [-0.1, -0.05) is 41.9 Å². The Morgan fingerprint density at radius 3 is 2.53 bits per heavy atom. The predicted octanol–water partition coefficient (Wildman–Crippen LogP) is 4.49. The van der Waals surface area contributed by atoms with E-state index >= 15 is 0 Å². The molecule has 2 aromatic rings. The van der Waals surface area contributed by atoms with E-state index in [4.69, 9.17) is 4.98 Å². The van der Waals surface area contributed by atoms with Crippen molar-refractivity contribution in [3.05, 3.63) is 39.3 Å². The third-order valence-electron chi connectivity index (χ3n) is 2.81. The van der Waals surface area contributed by atoms with E-state index < -0.39 is 0 Å². The molecule has 0 spiro atoms. The Bertz CT molecular complexity index is 532. The monoisotopic (exact) mass is 338 g/mol. The van der Waals surface area contributed by atoms with E-state index in [-0.39, 0.29) is 0 Å². The maximum absolute atomic E-state index is 4.83. The van der Waals surface area contributed by atoms with Gasteiger partial charge in [0.1, 0.15) is 5.01 Å². The smallest absolute Gasteiger partial charge is 0.123 e. The van der Waals surface area contributed by atoms with Crippen LogP contribution in [0.4, 0.5) is 0 Å². The Kier molecular flexibility index (Phi) is 5.13. The Morgan fingerprint density at radius 2 is 1.95 bits per heavy atom. The quantitative estimate of drug-likeness (QED) is 0.868. The molecule has 1 aromatic heterocycles. The van der Waals surface area contributed by atoms with E-state index in [2.05, 4.69) is 59.4 Å². The first-order chi connectivity index (χ1) is 9.10. The van der Waals surface area contributed by atoms with Gasteiger partial charge in [0.2, 0.25) is 0 Å². The molecule has 0 saturated heterocycles. The Hall–Kier alpha value is -0.710. The minimum absolute atomic E-state index is 0.635.